The lowest BCUT2D eigenvalue weighted by atomic mass is 10.2. The van der Waals surface area contributed by atoms with Crippen LogP contribution in [-0.4, -0.2) is 33.5 Å². The van der Waals surface area contributed by atoms with E-state index in [0.717, 1.165) is 22.5 Å². The van der Waals surface area contributed by atoms with Gasteiger partial charge in [0.15, 0.2) is 11.0 Å². The maximum atomic E-state index is 12.6. The third-order valence-corrected chi connectivity index (χ3v) is 6.26. The molecule has 0 saturated heterocycles. The molecular formula is C24H20Cl2N4O2S. The molecule has 6 nitrogen and oxygen atoms in total. The average Bonchev–Trinajstić information content (AvgIpc) is 3.24. The summed E-state index contributed by atoms with van der Waals surface area (Å²) in [6.07, 6.45) is 0. The Balaban J connectivity index is 1.61. The normalized spacial score (nSPS) is 10.8. The van der Waals surface area contributed by atoms with Crippen molar-refractivity contribution in [1.82, 2.24) is 14.8 Å². The number of hydrogen-bond donors (Lipinski definition) is 1. The van der Waals surface area contributed by atoms with E-state index in [1.54, 1.807) is 31.4 Å². The minimum absolute atomic E-state index is 0.154. The molecular weight excluding hydrogens is 479 g/mol. The molecule has 0 spiro atoms. The molecule has 0 fully saturated rings. The zero-order chi connectivity index (χ0) is 23.4. The molecule has 0 aliphatic rings. The van der Waals surface area contributed by atoms with Gasteiger partial charge in [-0.1, -0.05) is 47.1 Å². The molecule has 0 atom stereocenters. The Bertz CT molecular complexity index is 1290. The van der Waals surface area contributed by atoms with Crippen LogP contribution in [0, 0.1) is 6.92 Å². The van der Waals surface area contributed by atoms with E-state index in [9.17, 15) is 4.79 Å². The lowest BCUT2D eigenvalue weighted by molar-refractivity contribution is -0.113. The van der Waals surface area contributed by atoms with Gasteiger partial charge in [-0.2, -0.15) is 0 Å². The molecule has 0 radical (unpaired) electrons. The quantitative estimate of drug-likeness (QED) is 0.303. The number of hydrogen-bond acceptors (Lipinski definition) is 5. The first kappa shape index (κ1) is 23.2. The molecule has 1 heterocycles. The molecule has 168 valence electrons. The van der Waals surface area contributed by atoms with E-state index >= 15 is 0 Å². The number of rotatable bonds is 7. The third kappa shape index (κ3) is 5.50. The number of anilines is 1. The Labute approximate surface area is 205 Å². The number of aryl methyl sites for hydroxylation is 1. The van der Waals surface area contributed by atoms with E-state index in [2.05, 4.69) is 15.5 Å². The number of halogens is 2. The highest BCUT2D eigenvalue weighted by atomic mass is 35.5. The van der Waals surface area contributed by atoms with Gasteiger partial charge < -0.3 is 10.1 Å². The van der Waals surface area contributed by atoms with Gasteiger partial charge in [0.2, 0.25) is 5.91 Å². The summed E-state index contributed by atoms with van der Waals surface area (Å²) in [5, 5.41) is 13.5. The molecule has 0 saturated carbocycles. The van der Waals surface area contributed by atoms with E-state index in [-0.39, 0.29) is 11.7 Å². The summed E-state index contributed by atoms with van der Waals surface area (Å²) in [5.74, 6) is 1.35. The Hall–Kier alpha value is -3.00. The predicted molar refractivity (Wildman–Crippen MR) is 134 cm³/mol. The first-order valence-corrected chi connectivity index (χ1v) is 11.7. The predicted octanol–water partition coefficient (Wildman–Crippen LogP) is 6.29. The van der Waals surface area contributed by atoms with Crippen LogP contribution in [0.4, 0.5) is 5.69 Å². The zero-order valence-corrected chi connectivity index (χ0v) is 20.2. The van der Waals surface area contributed by atoms with Crippen LogP contribution in [0.3, 0.4) is 0 Å². The van der Waals surface area contributed by atoms with Gasteiger partial charge in [0.25, 0.3) is 0 Å². The standard InChI is InChI=1S/C24H20Cl2N4O2S/c1-15-12-18(26)8-11-21(15)27-22(31)14-33-24-29-28-23(16-4-3-5-20(13-16)32-2)30(24)19-9-6-17(25)7-10-19/h3-13H,14H2,1-2H3,(H,27,31). The molecule has 3 aromatic carbocycles. The van der Waals surface area contributed by atoms with Gasteiger partial charge in [0, 0.05) is 27.0 Å². The van der Waals surface area contributed by atoms with Crippen LogP contribution in [0.5, 0.6) is 5.75 Å². The van der Waals surface area contributed by atoms with Crippen molar-refractivity contribution in [3.05, 3.63) is 82.3 Å². The molecule has 4 rings (SSSR count). The van der Waals surface area contributed by atoms with Crippen molar-refractivity contribution in [2.75, 3.05) is 18.2 Å². The van der Waals surface area contributed by atoms with Gasteiger partial charge in [-0.25, -0.2) is 0 Å². The van der Waals surface area contributed by atoms with Crippen molar-refractivity contribution < 1.29 is 9.53 Å². The fraction of sp³-hybridized carbons (Fsp3) is 0.125. The van der Waals surface area contributed by atoms with E-state index in [1.807, 2.05) is 54.0 Å². The number of methoxy groups -OCH3 is 1. The van der Waals surface area contributed by atoms with Gasteiger partial charge >= 0.3 is 0 Å². The first-order chi connectivity index (χ1) is 15.9. The van der Waals surface area contributed by atoms with Crippen LogP contribution in [-0.2, 0) is 4.79 Å². The van der Waals surface area contributed by atoms with Crippen molar-refractivity contribution >= 4 is 46.6 Å². The van der Waals surface area contributed by atoms with Crippen molar-refractivity contribution in [3.63, 3.8) is 0 Å². The molecule has 1 amide bonds. The number of aromatic nitrogens is 3. The molecule has 1 N–H and O–H groups in total. The molecule has 0 aliphatic heterocycles. The summed E-state index contributed by atoms with van der Waals surface area (Å²) in [5.41, 5.74) is 3.29. The lowest BCUT2D eigenvalue weighted by Crippen LogP contribution is -2.15. The second kappa shape index (κ2) is 10.3. The number of nitrogens with zero attached hydrogens (tertiary/aromatic N) is 3. The molecule has 0 unspecified atom stereocenters. The first-order valence-electron chi connectivity index (χ1n) is 9.99. The topological polar surface area (TPSA) is 69.0 Å². The Morgan fingerprint density at radius 3 is 2.52 bits per heavy atom. The summed E-state index contributed by atoms with van der Waals surface area (Å²) in [6, 6.07) is 20.3. The fourth-order valence-corrected chi connectivity index (χ4v) is 4.32. The molecule has 0 aliphatic carbocycles. The zero-order valence-electron chi connectivity index (χ0n) is 17.9. The minimum atomic E-state index is -0.154. The van der Waals surface area contributed by atoms with Crippen LogP contribution in [0.25, 0.3) is 17.1 Å². The average molecular weight is 499 g/mol. The van der Waals surface area contributed by atoms with Crippen molar-refractivity contribution in [3.8, 4) is 22.8 Å². The van der Waals surface area contributed by atoms with Gasteiger partial charge in [0.05, 0.1) is 12.9 Å². The molecule has 33 heavy (non-hydrogen) atoms. The SMILES string of the molecule is COc1cccc(-c2nnc(SCC(=O)Nc3ccc(Cl)cc3C)n2-c2ccc(Cl)cc2)c1. The molecule has 1 aromatic heterocycles. The Morgan fingerprint density at radius 1 is 1.03 bits per heavy atom. The van der Waals surface area contributed by atoms with Gasteiger partial charge in [-0.15, -0.1) is 10.2 Å². The van der Waals surface area contributed by atoms with E-state index in [0.29, 0.717) is 26.8 Å². The largest absolute Gasteiger partial charge is 0.497 e. The highest BCUT2D eigenvalue weighted by Crippen LogP contribution is 2.30. The Morgan fingerprint density at radius 2 is 1.79 bits per heavy atom. The fourth-order valence-electron chi connectivity index (χ4n) is 3.22. The van der Waals surface area contributed by atoms with Gasteiger partial charge in [0.1, 0.15) is 5.75 Å². The summed E-state index contributed by atoms with van der Waals surface area (Å²) < 4.78 is 7.26. The van der Waals surface area contributed by atoms with Crippen LogP contribution >= 0.6 is 35.0 Å². The van der Waals surface area contributed by atoms with Gasteiger partial charge in [-0.05, 0) is 67.1 Å². The summed E-state index contributed by atoms with van der Waals surface area (Å²) in [7, 11) is 1.62. The van der Waals surface area contributed by atoms with Crippen molar-refractivity contribution in [2.24, 2.45) is 0 Å². The van der Waals surface area contributed by atoms with Crippen LogP contribution in [0.1, 0.15) is 5.56 Å². The second-order valence-electron chi connectivity index (χ2n) is 7.15. The third-order valence-electron chi connectivity index (χ3n) is 4.84. The minimum Gasteiger partial charge on any atom is -0.497 e. The number of carbonyl (C=O) groups is 1. The second-order valence-corrected chi connectivity index (χ2v) is 8.96. The monoisotopic (exact) mass is 498 g/mol. The lowest BCUT2D eigenvalue weighted by Gasteiger charge is -2.12. The number of ether oxygens (including phenoxy) is 1. The highest BCUT2D eigenvalue weighted by Gasteiger charge is 2.18. The van der Waals surface area contributed by atoms with Crippen LogP contribution in [0.15, 0.2) is 71.9 Å². The number of benzene rings is 3. The summed E-state index contributed by atoms with van der Waals surface area (Å²) in [4.78, 5) is 12.6. The number of carbonyl (C=O) groups excluding carboxylic acids is 1. The highest BCUT2D eigenvalue weighted by molar-refractivity contribution is 7.99. The maximum Gasteiger partial charge on any atom is 0.234 e. The molecule has 4 aromatic rings. The van der Waals surface area contributed by atoms with E-state index < -0.39 is 0 Å². The van der Waals surface area contributed by atoms with E-state index in [1.165, 1.54) is 11.8 Å². The van der Waals surface area contributed by atoms with Crippen molar-refractivity contribution in [1.29, 1.82) is 0 Å². The van der Waals surface area contributed by atoms with Crippen LogP contribution < -0.4 is 10.1 Å². The Kier molecular flexibility index (Phi) is 7.23. The van der Waals surface area contributed by atoms with E-state index in [4.69, 9.17) is 27.9 Å². The number of amides is 1. The smallest absolute Gasteiger partial charge is 0.234 e. The number of thioether (sulfide) groups is 1. The number of nitrogens with one attached hydrogen (secondary N) is 1. The molecule has 9 heteroatoms. The summed E-state index contributed by atoms with van der Waals surface area (Å²) in [6.45, 7) is 1.90. The summed E-state index contributed by atoms with van der Waals surface area (Å²) >= 11 is 13.4. The van der Waals surface area contributed by atoms with Gasteiger partial charge in [-0.3, -0.25) is 9.36 Å². The molecule has 0 bridgehead atoms. The van der Waals surface area contributed by atoms with Crippen LogP contribution in [0.2, 0.25) is 10.0 Å². The van der Waals surface area contributed by atoms with Crippen molar-refractivity contribution in [2.45, 2.75) is 12.1 Å². The maximum absolute atomic E-state index is 12.6.